The van der Waals surface area contributed by atoms with Crippen molar-refractivity contribution in [1.82, 2.24) is 9.97 Å². The lowest BCUT2D eigenvalue weighted by atomic mass is 10.0. The molecule has 0 saturated carbocycles. The largest absolute Gasteiger partial charge is 0.288 e. The number of benzene rings is 2. The number of halogens is 2. The van der Waals surface area contributed by atoms with Crippen molar-refractivity contribution in [2.24, 2.45) is 0 Å². The van der Waals surface area contributed by atoms with Gasteiger partial charge in [0.25, 0.3) is 0 Å². The Labute approximate surface area is 165 Å². The predicted molar refractivity (Wildman–Crippen MR) is 102 cm³/mol. The van der Waals surface area contributed by atoms with E-state index in [9.17, 15) is 22.0 Å². The zero-order valence-corrected chi connectivity index (χ0v) is 15.9. The zero-order valence-electron chi connectivity index (χ0n) is 15.1. The Hall–Kier alpha value is -3.45. The monoisotopic (exact) mass is 416 g/mol. The summed E-state index contributed by atoms with van der Waals surface area (Å²) in [6, 6.07) is 7.55. The summed E-state index contributed by atoms with van der Waals surface area (Å²) < 4.78 is 54.9. The van der Waals surface area contributed by atoms with Crippen molar-refractivity contribution in [3.8, 4) is 6.07 Å². The summed E-state index contributed by atoms with van der Waals surface area (Å²) in [6.45, 7) is 1.63. The average molecular weight is 416 g/mol. The first kappa shape index (κ1) is 20.3. The van der Waals surface area contributed by atoms with Gasteiger partial charge in [-0.3, -0.25) is 14.5 Å². The second kappa shape index (κ2) is 7.89. The molecule has 29 heavy (non-hydrogen) atoms. The van der Waals surface area contributed by atoms with Crippen LogP contribution in [0.15, 0.2) is 36.5 Å². The Morgan fingerprint density at radius 1 is 1.21 bits per heavy atom. The molecule has 10 heteroatoms. The molecule has 0 radical (unpaired) electrons. The Morgan fingerprint density at radius 2 is 1.97 bits per heavy atom. The van der Waals surface area contributed by atoms with E-state index in [0.29, 0.717) is 11.9 Å². The molecule has 0 amide bonds. The molecule has 0 unspecified atom stereocenters. The maximum atomic E-state index is 14.8. The highest BCUT2D eigenvalue weighted by Gasteiger charge is 2.24. The quantitative estimate of drug-likeness (QED) is 0.618. The van der Waals surface area contributed by atoms with Gasteiger partial charge in [-0.25, -0.2) is 22.2 Å². The van der Waals surface area contributed by atoms with Crippen molar-refractivity contribution in [3.05, 3.63) is 65.0 Å². The molecular formula is C19H14F2N4O3S. The summed E-state index contributed by atoms with van der Waals surface area (Å²) in [7, 11) is -3.84. The van der Waals surface area contributed by atoms with Gasteiger partial charge in [-0.2, -0.15) is 5.26 Å². The summed E-state index contributed by atoms with van der Waals surface area (Å²) in [5.41, 5.74) is -0.890. The highest BCUT2D eigenvalue weighted by Crippen LogP contribution is 2.25. The number of anilines is 1. The van der Waals surface area contributed by atoms with Gasteiger partial charge < -0.3 is 0 Å². The van der Waals surface area contributed by atoms with E-state index in [1.165, 1.54) is 24.4 Å². The summed E-state index contributed by atoms with van der Waals surface area (Å²) in [5.74, 6) is -3.70. The number of carbonyl (C=O) groups is 1. The first-order valence-corrected chi connectivity index (χ1v) is 10.1. The number of sulfonamides is 1. The number of ketones is 1. The van der Waals surface area contributed by atoms with Gasteiger partial charge in [0.15, 0.2) is 17.3 Å². The third kappa shape index (κ3) is 4.20. The summed E-state index contributed by atoms with van der Waals surface area (Å²) in [4.78, 5) is 20.8. The first-order valence-electron chi connectivity index (χ1n) is 8.46. The summed E-state index contributed by atoms with van der Waals surface area (Å²) >= 11 is 0. The molecule has 0 bridgehead atoms. The van der Waals surface area contributed by atoms with E-state index in [2.05, 4.69) is 9.97 Å². The van der Waals surface area contributed by atoms with E-state index in [-0.39, 0.29) is 22.5 Å². The van der Waals surface area contributed by atoms with Crippen molar-refractivity contribution in [1.29, 1.82) is 5.26 Å². The molecule has 0 spiro atoms. The van der Waals surface area contributed by atoms with Gasteiger partial charge in [-0.15, -0.1) is 0 Å². The van der Waals surface area contributed by atoms with Crippen LogP contribution in [0, 0.1) is 23.0 Å². The van der Waals surface area contributed by atoms with Crippen LogP contribution in [-0.4, -0.2) is 29.9 Å². The maximum absolute atomic E-state index is 14.8. The zero-order chi connectivity index (χ0) is 21.2. The van der Waals surface area contributed by atoms with Gasteiger partial charge in [-0.1, -0.05) is 6.92 Å². The van der Waals surface area contributed by atoms with Gasteiger partial charge in [-0.05, 0) is 36.8 Å². The topological polar surface area (TPSA) is 113 Å². The number of hydrogen-bond donors (Lipinski definition) is 1. The highest BCUT2D eigenvalue weighted by atomic mass is 32.2. The maximum Gasteiger partial charge on any atom is 0.232 e. The van der Waals surface area contributed by atoms with Crippen LogP contribution in [0.1, 0.15) is 35.0 Å². The van der Waals surface area contributed by atoms with Crippen LogP contribution in [-0.2, 0) is 10.0 Å². The third-order valence-electron chi connectivity index (χ3n) is 3.98. The van der Waals surface area contributed by atoms with Gasteiger partial charge >= 0.3 is 0 Å². The number of hydrogen-bond acceptors (Lipinski definition) is 6. The van der Waals surface area contributed by atoms with E-state index in [1.54, 1.807) is 6.92 Å². The second-order valence-corrected chi connectivity index (χ2v) is 7.95. The van der Waals surface area contributed by atoms with Gasteiger partial charge in [0.05, 0.1) is 34.2 Å². The van der Waals surface area contributed by atoms with Crippen LogP contribution < -0.4 is 4.72 Å². The lowest BCUT2D eigenvalue weighted by molar-refractivity contribution is 0.103. The van der Waals surface area contributed by atoms with Crippen molar-refractivity contribution < 1.29 is 22.0 Å². The number of carbonyl (C=O) groups excluding carboxylic acids is 1. The molecule has 1 heterocycles. The van der Waals surface area contributed by atoms with E-state index < -0.39 is 38.7 Å². The smallest absolute Gasteiger partial charge is 0.232 e. The van der Waals surface area contributed by atoms with E-state index in [1.807, 2.05) is 10.8 Å². The minimum atomic E-state index is -3.84. The van der Waals surface area contributed by atoms with Gasteiger partial charge in [0.2, 0.25) is 10.0 Å². The van der Waals surface area contributed by atoms with Crippen molar-refractivity contribution >= 4 is 32.5 Å². The van der Waals surface area contributed by atoms with Crippen molar-refractivity contribution in [3.63, 3.8) is 0 Å². The normalized spacial score (nSPS) is 11.2. The van der Waals surface area contributed by atoms with Gasteiger partial charge in [0.1, 0.15) is 11.9 Å². The lowest BCUT2D eigenvalue weighted by Crippen LogP contribution is -2.18. The Balaban J connectivity index is 2.06. The van der Waals surface area contributed by atoms with Crippen LogP contribution in [0.4, 0.5) is 14.5 Å². The van der Waals surface area contributed by atoms with Gasteiger partial charge in [0, 0.05) is 5.56 Å². The molecule has 0 aliphatic heterocycles. The molecule has 1 aromatic heterocycles. The average Bonchev–Trinajstić information content (AvgIpc) is 2.69. The molecule has 0 saturated heterocycles. The minimum absolute atomic E-state index is 0.0202. The Bertz CT molecular complexity index is 1270. The fourth-order valence-electron chi connectivity index (χ4n) is 2.68. The molecule has 3 rings (SSSR count). The fraction of sp³-hybridized carbons (Fsp3) is 0.158. The Kier molecular flexibility index (Phi) is 5.52. The van der Waals surface area contributed by atoms with E-state index >= 15 is 0 Å². The number of rotatable bonds is 6. The molecule has 0 aliphatic carbocycles. The van der Waals surface area contributed by atoms with Crippen LogP contribution in [0.5, 0.6) is 0 Å². The van der Waals surface area contributed by atoms with Crippen LogP contribution >= 0.6 is 0 Å². The third-order valence-corrected chi connectivity index (χ3v) is 5.45. The summed E-state index contributed by atoms with van der Waals surface area (Å²) in [5, 5.41) is 8.91. The molecular weight excluding hydrogens is 402 g/mol. The van der Waals surface area contributed by atoms with Crippen molar-refractivity contribution in [2.75, 3.05) is 10.5 Å². The van der Waals surface area contributed by atoms with Crippen LogP contribution in [0.2, 0.25) is 0 Å². The molecule has 148 valence electrons. The standard InChI is InChI=1S/C19H14F2N4O3S/c1-2-7-29(27,28)25-15-6-4-13(20)17(18(15)21)19(26)11-3-5-14-16(8-11)24-12(9-22)10-23-14/h3-6,8,10,25H,2,7H2,1H3. The Morgan fingerprint density at radius 3 is 2.66 bits per heavy atom. The predicted octanol–water partition coefficient (Wildman–Crippen LogP) is 3.16. The molecule has 7 nitrogen and oxygen atoms in total. The van der Waals surface area contributed by atoms with Crippen LogP contribution in [0.3, 0.4) is 0 Å². The van der Waals surface area contributed by atoms with Crippen molar-refractivity contribution in [2.45, 2.75) is 13.3 Å². The second-order valence-electron chi connectivity index (χ2n) is 6.10. The highest BCUT2D eigenvalue weighted by molar-refractivity contribution is 7.92. The number of nitrogens with zero attached hydrogens (tertiary/aromatic N) is 3. The number of nitrogens with one attached hydrogen (secondary N) is 1. The molecule has 0 fully saturated rings. The SMILES string of the molecule is CCCS(=O)(=O)Nc1ccc(F)c(C(=O)c2ccc3ncc(C#N)nc3c2)c1F. The number of nitriles is 1. The number of fused-ring (bicyclic) bond motifs is 1. The lowest BCUT2D eigenvalue weighted by Gasteiger charge is -2.11. The fourth-order valence-corrected chi connectivity index (χ4v) is 3.81. The molecule has 1 N–H and O–H groups in total. The number of aromatic nitrogens is 2. The molecule has 0 atom stereocenters. The molecule has 2 aromatic carbocycles. The molecule has 3 aromatic rings. The van der Waals surface area contributed by atoms with E-state index in [0.717, 1.165) is 12.1 Å². The minimum Gasteiger partial charge on any atom is -0.288 e. The summed E-state index contributed by atoms with van der Waals surface area (Å²) in [6.07, 6.45) is 1.56. The van der Waals surface area contributed by atoms with Crippen LogP contribution in [0.25, 0.3) is 11.0 Å². The first-order chi connectivity index (χ1) is 13.8. The van der Waals surface area contributed by atoms with E-state index in [4.69, 9.17) is 5.26 Å². The molecule has 0 aliphatic rings.